The molecule has 8 heteroatoms. The van der Waals surface area contributed by atoms with Gasteiger partial charge >= 0.3 is 112 Å². The summed E-state index contributed by atoms with van der Waals surface area (Å²) in [4.78, 5) is 22.7. The Kier molecular flexibility index (Phi) is 3.76. The fourth-order valence-corrected chi connectivity index (χ4v) is 3.31. The van der Waals surface area contributed by atoms with Crippen LogP contribution in [0.5, 0.6) is 0 Å². The fraction of sp³-hybridized carbons (Fsp3) is 0. The predicted molar refractivity (Wildman–Crippen MR) is 61.6 cm³/mol. The van der Waals surface area contributed by atoms with Gasteiger partial charge in [0.2, 0.25) is 0 Å². The van der Waals surface area contributed by atoms with Gasteiger partial charge in [-0.3, -0.25) is 0 Å². The Morgan fingerprint density at radius 2 is 1.89 bits per heavy atom. The van der Waals surface area contributed by atoms with Crippen molar-refractivity contribution in [2.45, 2.75) is 0 Å². The summed E-state index contributed by atoms with van der Waals surface area (Å²) in [6, 6.07) is 3.11. The molecule has 0 aliphatic heterocycles. The van der Waals surface area contributed by atoms with Crippen LogP contribution in [-0.4, -0.2) is 41.6 Å². The van der Waals surface area contributed by atoms with Gasteiger partial charge in [0.1, 0.15) is 0 Å². The maximum absolute atomic E-state index is 13.4. The van der Waals surface area contributed by atoms with Crippen LogP contribution in [0, 0.1) is 11.6 Å². The fourth-order valence-electron chi connectivity index (χ4n) is 1.39. The molecule has 0 saturated heterocycles. The summed E-state index contributed by atoms with van der Waals surface area (Å²) in [5.41, 5.74) is -0.870. The van der Waals surface area contributed by atoms with Gasteiger partial charge in [-0.05, 0) is 0 Å². The molecular formula is C11H6AsF2N2O3. The van der Waals surface area contributed by atoms with E-state index < -0.39 is 43.5 Å². The minimum atomic E-state index is -1.40. The first-order valence-corrected chi connectivity index (χ1v) is 6.85. The van der Waals surface area contributed by atoms with Gasteiger partial charge in [0.25, 0.3) is 0 Å². The SMILES string of the molecule is O=C(O)c1[nH]ncc1[As]C(=O)c1c(F)cccc1F. The van der Waals surface area contributed by atoms with E-state index >= 15 is 0 Å². The molecule has 1 heterocycles. The molecule has 1 aromatic carbocycles. The second-order valence-corrected chi connectivity index (χ2v) is 5.78. The molecule has 0 aliphatic rings. The zero-order chi connectivity index (χ0) is 14.0. The number of rotatable bonds is 4. The number of nitrogens with one attached hydrogen (secondary N) is 1. The molecule has 1 radical (unpaired) electrons. The van der Waals surface area contributed by atoms with Crippen molar-refractivity contribution in [1.82, 2.24) is 10.2 Å². The number of carboxylic acids is 1. The van der Waals surface area contributed by atoms with Gasteiger partial charge in [0.15, 0.2) is 0 Å². The molecule has 0 spiro atoms. The van der Waals surface area contributed by atoms with Crippen LogP contribution in [0.15, 0.2) is 24.4 Å². The molecule has 0 amide bonds. The summed E-state index contributed by atoms with van der Waals surface area (Å²) in [6.07, 6.45) is 1.18. The van der Waals surface area contributed by atoms with E-state index in [0.29, 0.717) is 0 Å². The van der Waals surface area contributed by atoms with Crippen molar-refractivity contribution in [1.29, 1.82) is 0 Å². The van der Waals surface area contributed by atoms with Gasteiger partial charge in [-0.25, -0.2) is 0 Å². The number of carbonyl (C=O) groups is 2. The Labute approximate surface area is 112 Å². The van der Waals surface area contributed by atoms with E-state index in [0.717, 1.165) is 18.2 Å². The average Bonchev–Trinajstić information content (AvgIpc) is 2.76. The van der Waals surface area contributed by atoms with Gasteiger partial charge in [0, 0.05) is 0 Å². The summed E-state index contributed by atoms with van der Waals surface area (Å²) in [5.74, 6) is -3.19. The van der Waals surface area contributed by atoms with Crippen LogP contribution in [0.1, 0.15) is 20.8 Å². The van der Waals surface area contributed by atoms with E-state index in [2.05, 4.69) is 10.2 Å². The molecule has 0 atom stereocenters. The third-order valence-electron chi connectivity index (χ3n) is 2.23. The predicted octanol–water partition coefficient (Wildman–Crippen LogP) is 0.556. The first-order valence-electron chi connectivity index (χ1n) is 4.97. The standard InChI is InChI=1S/C11H6AsF2N2O3/c13-6-2-1-3-7(14)8(6)10(17)12-5-4-15-16-9(5)11(18)19/h1-4H,(H,15,16)(H,18,19). The zero-order valence-corrected chi connectivity index (χ0v) is 11.1. The van der Waals surface area contributed by atoms with E-state index in [1.54, 1.807) is 0 Å². The summed E-state index contributed by atoms with van der Waals surface area (Å²) in [6.45, 7) is 0. The molecule has 1 aromatic heterocycles. The van der Waals surface area contributed by atoms with Crippen molar-refractivity contribution in [2.75, 3.05) is 0 Å². The molecule has 0 bridgehead atoms. The molecule has 0 unspecified atom stereocenters. The van der Waals surface area contributed by atoms with Gasteiger partial charge in [0.05, 0.1) is 0 Å². The molecule has 0 fully saturated rings. The van der Waals surface area contributed by atoms with Crippen LogP contribution in [0.3, 0.4) is 0 Å². The second-order valence-electron chi connectivity index (χ2n) is 3.45. The second kappa shape index (κ2) is 5.32. The van der Waals surface area contributed by atoms with Crippen molar-refractivity contribution in [3.8, 4) is 0 Å². The van der Waals surface area contributed by atoms with Gasteiger partial charge in [-0.15, -0.1) is 0 Å². The average molecular weight is 327 g/mol. The van der Waals surface area contributed by atoms with E-state index in [-0.39, 0.29) is 10.0 Å². The summed E-state index contributed by atoms with van der Waals surface area (Å²) in [5, 5.41) is 14.6. The van der Waals surface area contributed by atoms with Crippen molar-refractivity contribution in [3.05, 3.63) is 47.3 Å². The first kappa shape index (κ1) is 13.4. The molecule has 0 saturated carbocycles. The Hall–Kier alpha value is -2.01. The van der Waals surface area contributed by atoms with E-state index in [1.165, 1.54) is 6.20 Å². The van der Waals surface area contributed by atoms with Crippen LogP contribution in [-0.2, 0) is 0 Å². The molecule has 2 rings (SSSR count). The topological polar surface area (TPSA) is 83.0 Å². The molecule has 2 N–H and O–H groups in total. The van der Waals surface area contributed by atoms with Crippen LogP contribution < -0.4 is 4.35 Å². The number of benzene rings is 1. The number of carboxylic acid groups (broad SMARTS) is 1. The van der Waals surface area contributed by atoms with Crippen molar-refractivity contribution >= 4 is 30.6 Å². The normalized spacial score (nSPS) is 11.1. The van der Waals surface area contributed by atoms with Crippen molar-refractivity contribution in [2.24, 2.45) is 0 Å². The summed E-state index contributed by atoms with van der Waals surface area (Å²) < 4.78 is 26.2. The molecule has 5 nitrogen and oxygen atoms in total. The number of aromatic nitrogens is 2. The number of nitrogens with zero attached hydrogens (tertiary/aromatic N) is 1. The van der Waals surface area contributed by atoms with Gasteiger partial charge in [-0.2, -0.15) is 0 Å². The first-order chi connectivity index (χ1) is 9.00. The number of H-pyrrole nitrogens is 1. The Morgan fingerprint density at radius 1 is 1.26 bits per heavy atom. The third kappa shape index (κ3) is 2.71. The van der Waals surface area contributed by atoms with E-state index in [1.807, 2.05) is 0 Å². The van der Waals surface area contributed by atoms with Crippen molar-refractivity contribution in [3.63, 3.8) is 0 Å². The van der Waals surface area contributed by atoms with Crippen LogP contribution in [0.4, 0.5) is 8.78 Å². The number of aromatic amines is 1. The Balaban J connectivity index is 2.31. The van der Waals surface area contributed by atoms with E-state index in [4.69, 9.17) is 5.11 Å². The van der Waals surface area contributed by atoms with Crippen molar-refractivity contribution < 1.29 is 23.5 Å². The number of hydrogen-bond donors (Lipinski definition) is 2. The van der Waals surface area contributed by atoms with Crippen LogP contribution in [0.25, 0.3) is 0 Å². The van der Waals surface area contributed by atoms with Gasteiger partial charge in [-0.1, -0.05) is 0 Å². The van der Waals surface area contributed by atoms with Crippen LogP contribution >= 0.6 is 0 Å². The monoisotopic (exact) mass is 327 g/mol. The number of hydrogen-bond acceptors (Lipinski definition) is 3. The Bertz CT molecular complexity index is 637. The van der Waals surface area contributed by atoms with Crippen LogP contribution in [0.2, 0.25) is 0 Å². The zero-order valence-electron chi connectivity index (χ0n) is 9.22. The quantitative estimate of drug-likeness (QED) is 0.804. The molecular weight excluding hydrogens is 321 g/mol. The molecule has 97 valence electrons. The maximum atomic E-state index is 13.4. The number of carbonyl (C=O) groups excluding carboxylic acids is 1. The molecule has 19 heavy (non-hydrogen) atoms. The summed E-state index contributed by atoms with van der Waals surface area (Å²) >= 11 is -1.40. The third-order valence-corrected chi connectivity index (χ3v) is 4.34. The molecule has 2 aromatic rings. The molecule has 0 aliphatic carbocycles. The van der Waals surface area contributed by atoms with Gasteiger partial charge < -0.3 is 0 Å². The number of aromatic carboxylic acids is 1. The minimum absolute atomic E-state index is 0.163. The Morgan fingerprint density at radius 3 is 2.47 bits per heavy atom. The summed E-state index contributed by atoms with van der Waals surface area (Å²) in [7, 11) is 0. The van der Waals surface area contributed by atoms with E-state index in [9.17, 15) is 18.4 Å². The number of halogens is 2.